The molecule has 4 heteroatoms. The molecule has 3 rings (SSSR count). The Morgan fingerprint density at radius 2 is 2.05 bits per heavy atom. The largest absolute Gasteiger partial charge is 0.309 e. The highest BCUT2D eigenvalue weighted by molar-refractivity contribution is 9.10. The van der Waals surface area contributed by atoms with Crippen LogP contribution in [0.25, 0.3) is 10.1 Å². The summed E-state index contributed by atoms with van der Waals surface area (Å²) in [6, 6.07) is 14.8. The Hall–Kier alpha value is -0.870. The van der Waals surface area contributed by atoms with Gasteiger partial charge >= 0.3 is 0 Å². The van der Waals surface area contributed by atoms with Crippen molar-refractivity contribution in [2.24, 2.45) is 0 Å². The summed E-state index contributed by atoms with van der Waals surface area (Å²) in [4.78, 5) is 0. The predicted octanol–water partition coefficient (Wildman–Crippen LogP) is 5.63. The Balaban J connectivity index is 2.13. The number of thiophene rings is 1. The summed E-state index contributed by atoms with van der Waals surface area (Å²) in [5, 5.41) is 7.57. The van der Waals surface area contributed by atoms with E-state index < -0.39 is 0 Å². The molecule has 0 bridgehead atoms. The molecule has 0 radical (unpaired) electrons. The molecule has 2 aromatic carbocycles. The van der Waals surface area contributed by atoms with E-state index in [0.29, 0.717) is 0 Å². The third-order valence-electron chi connectivity index (χ3n) is 3.39. The number of halogens is 2. The molecule has 1 unspecified atom stereocenters. The molecule has 20 heavy (non-hydrogen) atoms. The van der Waals surface area contributed by atoms with Gasteiger partial charge in [-0.3, -0.25) is 0 Å². The van der Waals surface area contributed by atoms with Crippen molar-refractivity contribution in [2.45, 2.75) is 6.04 Å². The van der Waals surface area contributed by atoms with Crippen LogP contribution >= 0.6 is 38.9 Å². The quantitative estimate of drug-likeness (QED) is 0.634. The van der Waals surface area contributed by atoms with Crippen molar-refractivity contribution in [3.05, 3.63) is 68.5 Å². The van der Waals surface area contributed by atoms with E-state index >= 15 is 0 Å². The zero-order valence-electron chi connectivity index (χ0n) is 10.9. The minimum absolute atomic E-state index is 0.158. The van der Waals surface area contributed by atoms with Crippen molar-refractivity contribution in [3.8, 4) is 0 Å². The van der Waals surface area contributed by atoms with Crippen LogP contribution in [0.15, 0.2) is 52.3 Å². The molecule has 0 saturated carbocycles. The van der Waals surface area contributed by atoms with Crippen LogP contribution in [0, 0.1) is 0 Å². The van der Waals surface area contributed by atoms with Crippen LogP contribution in [-0.2, 0) is 0 Å². The number of hydrogen-bond acceptors (Lipinski definition) is 2. The normalized spacial score (nSPS) is 12.8. The molecule has 102 valence electrons. The Kier molecular flexibility index (Phi) is 4.13. The van der Waals surface area contributed by atoms with Gasteiger partial charge < -0.3 is 5.32 Å². The molecule has 1 atom stereocenters. The second kappa shape index (κ2) is 5.86. The Morgan fingerprint density at radius 1 is 1.20 bits per heavy atom. The maximum Gasteiger partial charge on any atom is 0.0588 e. The average Bonchev–Trinajstić information content (AvgIpc) is 2.93. The number of benzene rings is 2. The van der Waals surface area contributed by atoms with Crippen molar-refractivity contribution in [3.63, 3.8) is 0 Å². The molecule has 0 fully saturated rings. The van der Waals surface area contributed by atoms with Crippen molar-refractivity contribution in [2.75, 3.05) is 7.05 Å². The van der Waals surface area contributed by atoms with Crippen LogP contribution in [0.4, 0.5) is 0 Å². The Labute approximate surface area is 135 Å². The fourth-order valence-corrected chi connectivity index (χ4v) is 3.90. The van der Waals surface area contributed by atoms with E-state index in [9.17, 15) is 0 Å². The first kappa shape index (κ1) is 14.1. The van der Waals surface area contributed by atoms with Crippen LogP contribution in [-0.4, -0.2) is 7.05 Å². The molecule has 1 heterocycles. The highest BCUT2D eigenvalue weighted by atomic mass is 79.9. The molecule has 0 saturated heterocycles. The van der Waals surface area contributed by atoms with Crippen LogP contribution in [0.1, 0.15) is 17.2 Å². The van der Waals surface area contributed by atoms with Gasteiger partial charge in [0.1, 0.15) is 0 Å². The van der Waals surface area contributed by atoms with Crippen molar-refractivity contribution in [1.29, 1.82) is 0 Å². The van der Waals surface area contributed by atoms with Gasteiger partial charge in [-0.1, -0.05) is 35.9 Å². The van der Waals surface area contributed by atoms with E-state index in [1.54, 1.807) is 11.3 Å². The lowest BCUT2D eigenvalue weighted by Crippen LogP contribution is -2.17. The second-order valence-electron chi connectivity index (χ2n) is 4.58. The lowest BCUT2D eigenvalue weighted by Gasteiger charge is -2.18. The first-order valence-corrected chi connectivity index (χ1v) is 8.34. The first-order chi connectivity index (χ1) is 9.70. The minimum Gasteiger partial charge on any atom is -0.309 e. The van der Waals surface area contributed by atoms with E-state index in [1.165, 1.54) is 21.2 Å². The van der Waals surface area contributed by atoms with Crippen LogP contribution < -0.4 is 5.32 Å². The average molecular weight is 367 g/mol. The lowest BCUT2D eigenvalue weighted by atomic mass is 9.98. The highest BCUT2D eigenvalue weighted by Gasteiger charge is 2.16. The van der Waals surface area contributed by atoms with Gasteiger partial charge in [0.2, 0.25) is 0 Å². The number of hydrogen-bond donors (Lipinski definition) is 1. The predicted molar refractivity (Wildman–Crippen MR) is 91.9 cm³/mol. The SMILES string of the molecule is CNC(c1ccc(Cl)c(Br)c1)c1cccc2ccsc12. The van der Waals surface area contributed by atoms with Crippen LogP contribution in [0.5, 0.6) is 0 Å². The Morgan fingerprint density at radius 3 is 2.80 bits per heavy atom. The molecule has 0 amide bonds. The fraction of sp³-hybridized carbons (Fsp3) is 0.125. The van der Waals surface area contributed by atoms with E-state index in [1.807, 2.05) is 13.1 Å². The third kappa shape index (κ3) is 2.51. The Bertz CT molecular complexity index is 753. The molecular weight excluding hydrogens is 354 g/mol. The molecule has 1 nitrogen and oxygen atoms in total. The van der Waals surface area contributed by atoms with Gasteiger partial charge in [0.25, 0.3) is 0 Å². The topological polar surface area (TPSA) is 12.0 Å². The molecule has 0 aliphatic rings. The lowest BCUT2D eigenvalue weighted by molar-refractivity contribution is 0.697. The van der Waals surface area contributed by atoms with Gasteiger partial charge in [0, 0.05) is 9.17 Å². The van der Waals surface area contributed by atoms with Gasteiger partial charge in [-0.25, -0.2) is 0 Å². The summed E-state index contributed by atoms with van der Waals surface area (Å²) >= 11 is 11.4. The number of rotatable bonds is 3. The molecule has 1 aromatic heterocycles. The zero-order chi connectivity index (χ0) is 14.1. The number of nitrogens with one attached hydrogen (secondary N) is 1. The van der Waals surface area contributed by atoms with Gasteiger partial charge in [0.05, 0.1) is 11.1 Å². The number of fused-ring (bicyclic) bond motifs is 1. The van der Waals surface area contributed by atoms with Crippen molar-refractivity contribution < 1.29 is 0 Å². The zero-order valence-corrected chi connectivity index (χ0v) is 14.0. The summed E-state index contributed by atoms with van der Waals surface area (Å²) in [6.45, 7) is 0. The van der Waals surface area contributed by atoms with E-state index in [2.05, 4.69) is 63.0 Å². The third-order valence-corrected chi connectivity index (χ3v) is 5.58. The minimum atomic E-state index is 0.158. The van der Waals surface area contributed by atoms with E-state index in [4.69, 9.17) is 11.6 Å². The second-order valence-corrected chi connectivity index (χ2v) is 6.76. The van der Waals surface area contributed by atoms with Gasteiger partial charge in [-0.05, 0) is 63.1 Å². The van der Waals surface area contributed by atoms with E-state index in [-0.39, 0.29) is 6.04 Å². The monoisotopic (exact) mass is 365 g/mol. The van der Waals surface area contributed by atoms with Crippen LogP contribution in [0.3, 0.4) is 0 Å². The standard InChI is InChI=1S/C16H13BrClNS/c1-19-15(11-5-6-14(18)13(17)9-11)12-4-2-3-10-7-8-20-16(10)12/h2-9,15,19H,1H3. The van der Waals surface area contributed by atoms with E-state index in [0.717, 1.165) is 9.50 Å². The smallest absolute Gasteiger partial charge is 0.0588 e. The molecule has 3 aromatic rings. The maximum atomic E-state index is 6.09. The van der Waals surface area contributed by atoms with Crippen molar-refractivity contribution in [1.82, 2.24) is 5.32 Å². The van der Waals surface area contributed by atoms with Crippen molar-refractivity contribution >= 4 is 49.0 Å². The van der Waals surface area contributed by atoms with Gasteiger partial charge in [0.15, 0.2) is 0 Å². The molecule has 0 aliphatic carbocycles. The highest BCUT2D eigenvalue weighted by Crippen LogP contribution is 2.34. The summed E-state index contributed by atoms with van der Waals surface area (Å²) in [5.74, 6) is 0. The first-order valence-electron chi connectivity index (χ1n) is 6.29. The summed E-state index contributed by atoms with van der Waals surface area (Å²) in [7, 11) is 1.99. The molecule has 0 aliphatic heterocycles. The summed E-state index contributed by atoms with van der Waals surface area (Å²) in [5.41, 5.74) is 2.50. The summed E-state index contributed by atoms with van der Waals surface area (Å²) in [6.07, 6.45) is 0. The maximum absolute atomic E-state index is 6.09. The fourth-order valence-electron chi connectivity index (χ4n) is 2.44. The van der Waals surface area contributed by atoms with Crippen LogP contribution in [0.2, 0.25) is 5.02 Å². The summed E-state index contributed by atoms with van der Waals surface area (Å²) < 4.78 is 2.26. The molecular formula is C16H13BrClNS. The molecule has 0 spiro atoms. The van der Waals surface area contributed by atoms with Gasteiger partial charge in [-0.15, -0.1) is 11.3 Å². The van der Waals surface area contributed by atoms with Gasteiger partial charge in [-0.2, -0.15) is 0 Å². The molecule has 1 N–H and O–H groups in total.